The first-order valence-electron chi connectivity index (χ1n) is 6.16. The van der Waals surface area contributed by atoms with Crippen LogP contribution in [0.5, 0.6) is 0 Å². The molecule has 0 spiro atoms. The van der Waals surface area contributed by atoms with Crippen molar-refractivity contribution in [2.45, 2.75) is 13.8 Å². The van der Waals surface area contributed by atoms with Crippen LogP contribution in [0.25, 0.3) is 0 Å². The summed E-state index contributed by atoms with van der Waals surface area (Å²) in [6.45, 7) is 4.85. The van der Waals surface area contributed by atoms with Gasteiger partial charge >= 0.3 is 0 Å². The molecule has 0 bridgehead atoms. The smallest absolute Gasteiger partial charge is 0.102 e. The van der Waals surface area contributed by atoms with E-state index >= 15 is 0 Å². The predicted octanol–water partition coefficient (Wildman–Crippen LogP) is 2.74. The van der Waals surface area contributed by atoms with Crippen molar-refractivity contribution in [3.05, 3.63) is 47.7 Å². The lowest BCUT2D eigenvalue weighted by Gasteiger charge is -2.15. The maximum Gasteiger partial charge on any atom is 0.102 e. The Morgan fingerprint density at radius 1 is 1.33 bits per heavy atom. The highest BCUT2D eigenvalue weighted by molar-refractivity contribution is 8.14. The molecule has 1 aromatic carbocycles. The van der Waals surface area contributed by atoms with Crippen LogP contribution in [0.1, 0.15) is 19.4 Å². The summed E-state index contributed by atoms with van der Waals surface area (Å²) in [5.74, 6) is 0.738. The summed E-state index contributed by atoms with van der Waals surface area (Å²) < 4.78 is 7.76. The summed E-state index contributed by atoms with van der Waals surface area (Å²) in [7, 11) is 2.03. The first kappa shape index (κ1) is 13.3. The molecule has 0 fully saturated rings. The van der Waals surface area contributed by atoms with Crippen LogP contribution in [0.15, 0.2) is 42.1 Å². The van der Waals surface area contributed by atoms with E-state index in [1.54, 1.807) is 0 Å². The van der Waals surface area contributed by atoms with Crippen LogP contribution in [0.3, 0.4) is 0 Å². The number of hydrogen-bond donors (Lipinski definition) is 1. The maximum absolute atomic E-state index is 5.62. The quantitative estimate of drug-likeness (QED) is 0.668. The molecule has 2 rings (SSSR count). The van der Waals surface area contributed by atoms with Crippen molar-refractivity contribution in [1.29, 1.82) is 0 Å². The number of allylic oxidation sites excluding steroid dienone is 2. The van der Waals surface area contributed by atoms with Gasteiger partial charge in [0.2, 0.25) is 0 Å². The zero-order chi connectivity index (χ0) is 13.0. The lowest BCUT2D eigenvalue weighted by Crippen LogP contribution is -2.24. The molecular weight excluding hydrogens is 244 g/mol. The SMILES string of the molecule is CC=C1NN(C)S(COCC)=C1c1ccccc1. The molecular formula is C14H20N2OS. The van der Waals surface area contributed by atoms with Gasteiger partial charge in [0.1, 0.15) is 5.94 Å². The highest BCUT2D eigenvalue weighted by Gasteiger charge is 2.23. The minimum Gasteiger partial charge on any atom is -0.370 e. The minimum absolute atomic E-state index is 0.0423. The third kappa shape index (κ3) is 2.66. The van der Waals surface area contributed by atoms with E-state index in [1.165, 1.54) is 16.1 Å². The fourth-order valence-corrected chi connectivity index (χ4v) is 3.82. The van der Waals surface area contributed by atoms with Crippen molar-refractivity contribution in [2.75, 3.05) is 19.6 Å². The van der Waals surface area contributed by atoms with Gasteiger partial charge in [0.05, 0.1) is 5.70 Å². The van der Waals surface area contributed by atoms with Crippen LogP contribution in [0, 0.1) is 0 Å². The number of ether oxygens (including phenoxy) is 1. The van der Waals surface area contributed by atoms with Gasteiger partial charge in [-0.15, -0.1) is 0 Å². The van der Waals surface area contributed by atoms with Crippen LogP contribution >= 0.6 is 10.7 Å². The van der Waals surface area contributed by atoms with Crippen molar-refractivity contribution >= 4 is 15.5 Å². The third-order valence-electron chi connectivity index (χ3n) is 2.81. The molecule has 1 aromatic rings. The molecule has 0 saturated heterocycles. The highest BCUT2D eigenvalue weighted by Crippen LogP contribution is 2.31. The highest BCUT2D eigenvalue weighted by atomic mass is 32.2. The summed E-state index contributed by atoms with van der Waals surface area (Å²) in [6.07, 6.45) is 2.12. The van der Waals surface area contributed by atoms with Gasteiger partial charge in [-0.1, -0.05) is 47.1 Å². The molecule has 1 unspecified atom stereocenters. The molecule has 0 amide bonds. The van der Waals surface area contributed by atoms with Gasteiger partial charge < -0.3 is 10.2 Å². The summed E-state index contributed by atoms with van der Waals surface area (Å²) in [6, 6.07) is 10.5. The number of hydrogen-bond acceptors (Lipinski definition) is 3. The van der Waals surface area contributed by atoms with Gasteiger partial charge in [-0.25, -0.2) is 0 Å². The molecule has 1 heterocycles. The standard InChI is InChI=1S/C14H20N2OS/c1-4-13-14(12-9-7-6-8-10-12)18(11-17-5-2)16(3)15-13/h4,6-10,15H,5,11H2,1-3H3. The van der Waals surface area contributed by atoms with Crippen LogP contribution in [0.4, 0.5) is 0 Å². The number of benzene rings is 1. The van der Waals surface area contributed by atoms with E-state index in [2.05, 4.69) is 54.2 Å². The van der Waals surface area contributed by atoms with E-state index in [-0.39, 0.29) is 10.7 Å². The molecule has 0 saturated carbocycles. The largest absolute Gasteiger partial charge is 0.370 e. The van der Waals surface area contributed by atoms with Crippen molar-refractivity contribution in [1.82, 2.24) is 9.84 Å². The Balaban J connectivity index is 2.43. The first-order chi connectivity index (χ1) is 8.77. The molecule has 1 atom stereocenters. The van der Waals surface area contributed by atoms with Crippen LogP contribution in [-0.4, -0.2) is 28.9 Å². The van der Waals surface area contributed by atoms with Gasteiger partial charge in [0.15, 0.2) is 0 Å². The van der Waals surface area contributed by atoms with E-state index in [1.807, 2.05) is 13.0 Å². The van der Waals surface area contributed by atoms with Crippen molar-refractivity contribution in [3.63, 3.8) is 0 Å². The lowest BCUT2D eigenvalue weighted by atomic mass is 10.1. The van der Waals surface area contributed by atoms with E-state index in [0.29, 0.717) is 0 Å². The van der Waals surface area contributed by atoms with E-state index in [4.69, 9.17) is 4.74 Å². The average molecular weight is 264 g/mol. The number of nitrogens with one attached hydrogen (secondary N) is 1. The van der Waals surface area contributed by atoms with Crippen LogP contribution < -0.4 is 5.43 Å². The molecule has 1 aliphatic rings. The average Bonchev–Trinajstić information content (AvgIpc) is 2.73. The van der Waals surface area contributed by atoms with Gasteiger partial charge in [-0.2, -0.15) is 4.41 Å². The minimum atomic E-state index is -0.0423. The zero-order valence-corrected chi connectivity index (χ0v) is 12.0. The summed E-state index contributed by atoms with van der Waals surface area (Å²) >= 11 is 0. The Morgan fingerprint density at radius 2 is 2.06 bits per heavy atom. The summed E-state index contributed by atoms with van der Waals surface area (Å²) in [5.41, 5.74) is 5.86. The van der Waals surface area contributed by atoms with Gasteiger partial charge in [-0.05, 0) is 19.4 Å². The fraction of sp³-hybridized carbons (Fsp3) is 0.357. The molecule has 0 aromatic heterocycles. The first-order valence-corrected chi connectivity index (χ1v) is 7.51. The van der Waals surface area contributed by atoms with Crippen molar-refractivity contribution in [3.8, 4) is 0 Å². The molecule has 98 valence electrons. The second-order valence-electron chi connectivity index (χ2n) is 3.98. The summed E-state index contributed by atoms with van der Waals surface area (Å²) in [4.78, 5) is 1.34. The second kappa shape index (κ2) is 6.18. The topological polar surface area (TPSA) is 24.5 Å². The number of rotatable bonds is 4. The monoisotopic (exact) mass is 264 g/mol. The van der Waals surface area contributed by atoms with E-state index < -0.39 is 0 Å². The predicted molar refractivity (Wildman–Crippen MR) is 79.3 cm³/mol. The Labute approximate surface area is 111 Å². The number of nitrogens with zero attached hydrogens (tertiary/aromatic N) is 1. The second-order valence-corrected chi connectivity index (χ2v) is 5.90. The Hall–Kier alpha value is -1.10. The normalized spacial score (nSPS) is 22.5. The molecule has 1 N–H and O–H groups in total. The lowest BCUT2D eigenvalue weighted by molar-refractivity contribution is 0.196. The van der Waals surface area contributed by atoms with Gasteiger partial charge in [0, 0.05) is 18.5 Å². The third-order valence-corrected chi connectivity index (χ3v) is 4.88. The molecule has 18 heavy (non-hydrogen) atoms. The van der Waals surface area contributed by atoms with E-state index in [0.717, 1.165) is 12.5 Å². The number of hydrazine groups is 1. The molecule has 1 aliphatic heterocycles. The Morgan fingerprint density at radius 3 is 2.67 bits per heavy atom. The Bertz CT molecular complexity index is 468. The molecule has 3 nitrogen and oxygen atoms in total. The fourth-order valence-electron chi connectivity index (χ4n) is 1.92. The van der Waals surface area contributed by atoms with E-state index in [9.17, 15) is 0 Å². The molecule has 0 radical (unpaired) electrons. The van der Waals surface area contributed by atoms with Crippen molar-refractivity contribution in [2.24, 2.45) is 0 Å². The van der Waals surface area contributed by atoms with Gasteiger partial charge in [-0.3, -0.25) is 0 Å². The maximum atomic E-state index is 5.62. The van der Waals surface area contributed by atoms with Crippen LogP contribution in [0.2, 0.25) is 0 Å². The summed E-state index contributed by atoms with van der Waals surface area (Å²) in [5, 5.41) is 0. The molecule has 0 aliphatic carbocycles. The zero-order valence-electron chi connectivity index (χ0n) is 11.1. The Kier molecular flexibility index (Phi) is 4.58. The van der Waals surface area contributed by atoms with Gasteiger partial charge in [0.25, 0.3) is 0 Å². The molecule has 4 heteroatoms. The van der Waals surface area contributed by atoms with Crippen molar-refractivity contribution < 1.29 is 4.74 Å². The van der Waals surface area contributed by atoms with Crippen LogP contribution in [-0.2, 0) is 4.74 Å².